The third-order valence-corrected chi connectivity index (χ3v) is 29.8. The smallest absolute Gasteiger partial charge is 0.192 e. The van der Waals surface area contributed by atoms with E-state index in [1.807, 2.05) is 18.2 Å². The monoisotopic (exact) mass is 1140 g/mol. The minimum atomic E-state index is -4.09. The van der Waals surface area contributed by atoms with Crippen LogP contribution in [0, 0.1) is 35.5 Å². The molecule has 3 heterocycles. The van der Waals surface area contributed by atoms with Crippen molar-refractivity contribution in [2.75, 3.05) is 7.11 Å². The summed E-state index contributed by atoms with van der Waals surface area (Å²) in [6, 6.07) is 8.51. The van der Waals surface area contributed by atoms with E-state index in [9.17, 15) is 18.6 Å². The molecule has 2 N–H and O–H groups in total. The fraction of sp³-hybridized carbons (Fsp3) is 0.769. The molecule has 0 spiro atoms. The molecule has 4 unspecified atom stereocenters. The second kappa shape index (κ2) is 29.5. The van der Waals surface area contributed by atoms with Crippen molar-refractivity contribution in [3.8, 4) is 0 Å². The van der Waals surface area contributed by atoms with E-state index in [4.69, 9.17) is 27.8 Å². The molecule has 17 atom stereocenters. The zero-order valence-electron chi connectivity index (χ0n) is 52.3. The standard InChI is InChI=1S/C65H112O10SSi2/c1-22-44(5)40-46(7)33-38-54-48(9)42-51(71-54)37-36-50(66)35-34-47(8)59-62(75-78(20,21)65(14,15)16)60(74-77(18,19)64(11,12)13)49(10)55(73-59)32-28-27-31-53(67)63(76(68,69)52-29-25-24-26-30-52)58-56(39-43(3)4)72-57(61(58)70-17)41-45(6)23-2/h24-27,29-31,34-35,43,45-47,49-51,53-63,66-67H,1,9,23,28,32-33,36-42H2,2-8,10-21H3/b31-27?,35-34+/t45-,46-,47-,49-,50?,51?,53?,54-,55-,56-,57+,58-,59-,60-,61-,62+,63?/m0/s1. The zero-order valence-corrected chi connectivity index (χ0v) is 55.2. The largest absolute Gasteiger partial charge is 0.411 e. The lowest BCUT2D eigenvalue weighted by Gasteiger charge is -2.53. The average molecular weight is 1140 g/mol. The van der Waals surface area contributed by atoms with Crippen LogP contribution >= 0.6 is 0 Å². The van der Waals surface area contributed by atoms with Crippen LogP contribution < -0.4 is 0 Å². The van der Waals surface area contributed by atoms with Crippen LogP contribution in [0.4, 0.5) is 0 Å². The molecular formula is C65H112O10SSi2. The molecule has 3 fully saturated rings. The summed E-state index contributed by atoms with van der Waals surface area (Å²) in [6.45, 7) is 48.3. The van der Waals surface area contributed by atoms with E-state index in [1.165, 1.54) is 5.57 Å². The van der Waals surface area contributed by atoms with Crippen LogP contribution in [0.5, 0.6) is 0 Å². The highest BCUT2D eigenvalue weighted by molar-refractivity contribution is 7.92. The van der Waals surface area contributed by atoms with Crippen molar-refractivity contribution in [3.05, 3.63) is 84.7 Å². The summed E-state index contributed by atoms with van der Waals surface area (Å²) < 4.78 is 71.9. The van der Waals surface area contributed by atoms with E-state index in [0.29, 0.717) is 37.5 Å². The van der Waals surface area contributed by atoms with Gasteiger partial charge in [-0.1, -0.05) is 152 Å². The predicted octanol–water partition coefficient (Wildman–Crippen LogP) is 15.2. The quantitative estimate of drug-likeness (QED) is 0.0454. The molecule has 3 aliphatic rings. The first kappa shape index (κ1) is 68.5. The van der Waals surface area contributed by atoms with E-state index in [1.54, 1.807) is 37.5 Å². The molecule has 78 heavy (non-hydrogen) atoms. The van der Waals surface area contributed by atoms with E-state index < -0.39 is 68.2 Å². The van der Waals surface area contributed by atoms with Crippen LogP contribution in [0.25, 0.3) is 0 Å². The third-order valence-electron chi connectivity index (χ3n) is 18.6. The molecule has 1 aromatic carbocycles. The SMILES string of the molecule is C=C=C(C)C[C@@H](C)CC[C@@H]1OC(CCC(O)/C=C/[C@H](C)[C@@H]2O[C@@H](CCC=CC(O)C([C@@H]3[C@@H](OC)[C@@H](C[C@@H](C)CC)O[C@H]3CC(C)C)S(=O)(=O)c3ccccc3)[C@H](C)[C@H](O[Si](C)(C)C(C)(C)C)[C@@H]2O[Si](C)(C)C(C)(C)C)CC1=C. The van der Waals surface area contributed by atoms with Crippen LogP contribution in [-0.2, 0) is 37.6 Å². The number of sulfone groups is 1. The van der Waals surface area contributed by atoms with Crippen LogP contribution in [0.15, 0.2) is 89.6 Å². The van der Waals surface area contributed by atoms with Gasteiger partial charge in [0.05, 0.1) is 72.0 Å². The Balaban J connectivity index is 1.65. The lowest BCUT2D eigenvalue weighted by Crippen LogP contribution is -2.63. The van der Waals surface area contributed by atoms with Crippen LogP contribution in [0.2, 0.25) is 36.3 Å². The first-order chi connectivity index (χ1) is 36.2. The van der Waals surface area contributed by atoms with Gasteiger partial charge in [0.15, 0.2) is 26.5 Å². The van der Waals surface area contributed by atoms with Gasteiger partial charge in [-0.15, -0.1) is 5.73 Å². The van der Waals surface area contributed by atoms with Crippen molar-refractivity contribution >= 4 is 26.5 Å². The number of aliphatic hydroxyl groups excluding tert-OH is 2. The Morgan fingerprint density at radius 2 is 1.42 bits per heavy atom. The van der Waals surface area contributed by atoms with Crippen LogP contribution in [0.1, 0.15) is 168 Å². The highest BCUT2D eigenvalue weighted by atomic mass is 32.2. The minimum absolute atomic E-state index is 0.0366. The van der Waals surface area contributed by atoms with Crippen LogP contribution in [-0.4, -0.2) is 115 Å². The maximum Gasteiger partial charge on any atom is 0.192 e. The number of benzene rings is 1. The molecule has 3 saturated heterocycles. The van der Waals surface area contributed by atoms with Crippen LogP contribution in [0.3, 0.4) is 0 Å². The molecule has 0 aliphatic carbocycles. The van der Waals surface area contributed by atoms with Crippen molar-refractivity contribution in [3.63, 3.8) is 0 Å². The molecule has 1 aromatic rings. The molecule has 0 aromatic heterocycles. The minimum Gasteiger partial charge on any atom is -0.411 e. The number of hydrogen-bond donors (Lipinski definition) is 2. The maximum absolute atomic E-state index is 15.0. The fourth-order valence-electron chi connectivity index (χ4n) is 11.4. The second-order valence-electron chi connectivity index (χ2n) is 27.7. The molecule has 0 bridgehead atoms. The molecule has 0 radical (unpaired) electrons. The predicted molar refractivity (Wildman–Crippen MR) is 328 cm³/mol. The van der Waals surface area contributed by atoms with Gasteiger partial charge >= 0.3 is 0 Å². The molecule has 3 aliphatic heterocycles. The lowest BCUT2D eigenvalue weighted by molar-refractivity contribution is -0.197. The van der Waals surface area contributed by atoms with Gasteiger partial charge in [0.25, 0.3) is 0 Å². The van der Waals surface area contributed by atoms with Gasteiger partial charge in [0, 0.05) is 24.9 Å². The number of methoxy groups -OCH3 is 1. The topological polar surface area (TPSA) is 130 Å². The highest BCUT2D eigenvalue weighted by Crippen LogP contribution is 2.47. The summed E-state index contributed by atoms with van der Waals surface area (Å²) in [5.74, 6) is 0.298. The zero-order chi connectivity index (χ0) is 58.7. The molecule has 13 heteroatoms. The summed E-state index contributed by atoms with van der Waals surface area (Å²) in [5.41, 5.74) is 5.36. The van der Waals surface area contributed by atoms with Gasteiger partial charge in [-0.3, -0.25) is 0 Å². The van der Waals surface area contributed by atoms with Gasteiger partial charge in [-0.05, 0) is 148 Å². The summed E-state index contributed by atoms with van der Waals surface area (Å²) >= 11 is 0. The van der Waals surface area contributed by atoms with Gasteiger partial charge in [-0.25, -0.2) is 8.42 Å². The van der Waals surface area contributed by atoms with Gasteiger partial charge < -0.3 is 38.0 Å². The molecule has 0 saturated carbocycles. The molecule has 10 nitrogen and oxygen atoms in total. The van der Waals surface area contributed by atoms with Crippen molar-refractivity contribution in [1.82, 2.24) is 0 Å². The molecular weight excluding hydrogens is 1030 g/mol. The lowest BCUT2D eigenvalue weighted by atomic mass is 9.82. The first-order valence-corrected chi connectivity index (χ1v) is 37.4. The van der Waals surface area contributed by atoms with E-state index >= 15 is 0 Å². The Morgan fingerprint density at radius 3 is 1.99 bits per heavy atom. The number of hydrogen-bond acceptors (Lipinski definition) is 10. The van der Waals surface area contributed by atoms with E-state index in [-0.39, 0.29) is 69.3 Å². The first-order valence-electron chi connectivity index (χ1n) is 30.1. The average Bonchev–Trinajstić information content (AvgIpc) is 3.88. The van der Waals surface area contributed by atoms with Gasteiger partial charge in [0.2, 0.25) is 0 Å². The van der Waals surface area contributed by atoms with Crippen molar-refractivity contribution in [1.29, 1.82) is 0 Å². The second-order valence-corrected chi connectivity index (χ2v) is 39.3. The molecule has 0 amide bonds. The molecule has 4 rings (SSSR count). The van der Waals surface area contributed by atoms with E-state index in [2.05, 4.69) is 148 Å². The Kier molecular flexibility index (Phi) is 25.9. The van der Waals surface area contributed by atoms with Gasteiger partial charge in [-0.2, -0.15) is 0 Å². The summed E-state index contributed by atoms with van der Waals surface area (Å²) in [7, 11) is -7.21. The van der Waals surface area contributed by atoms with E-state index in [0.717, 1.165) is 50.5 Å². The third kappa shape index (κ3) is 18.5. The Labute approximate surface area is 478 Å². The number of rotatable bonds is 29. The van der Waals surface area contributed by atoms with Crippen molar-refractivity contribution in [2.45, 2.75) is 281 Å². The number of aliphatic hydroxyl groups is 2. The summed E-state index contributed by atoms with van der Waals surface area (Å²) in [5, 5.41) is 22.6. The highest BCUT2D eigenvalue weighted by Gasteiger charge is 2.56. The number of allylic oxidation sites excluding steroid dienone is 2. The number of ether oxygens (including phenoxy) is 4. The Bertz CT molecular complexity index is 2220. The fourth-order valence-corrected chi connectivity index (χ4v) is 16.2. The summed E-state index contributed by atoms with van der Waals surface area (Å²) in [6.07, 6.45) is 11.8. The Hall–Kier alpha value is -1.98. The summed E-state index contributed by atoms with van der Waals surface area (Å²) in [4.78, 5) is 0.172. The van der Waals surface area contributed by atoms with Crippen molar-refractivity contribution < 1.29 is 46.4 Å². The maximum atomic E-state index is 15.0. The molecule has 446 valence electrons. The van der Waals surface area contributed by atoms with Gasteiger partial charge in [0.1, 0.15) is 5.25 Å². The Morgan fingerprint density at radius 1 is 0.808 bits per heavy atom. The van der Waals surface area contributed by atoms with Crippen molar-refractivity contribution in [2.24, 2.45) is 35.5 Å². The normalized spacial score (nSPS) is 29.3.